The van der Waals surface area contributed by atoms with Gasteiger partial charge in [-0.2, -0.15) is 0 Å². The Kier molecular flexibility index (Phi) is 4.17. The van der Waals surface area contributed by atoms with Crippen molar-refractivity contribution in [2.75, 3.05) is 38.0 Å². The first-order valence-electron chi connectivity index (χ1n) is 6.03. The van der Waals surface area contributed by atoms with E-state index in [4.69, 9.17) is 4.42 Å². The number of nitrogens with zero attached hydrogens (tertiary/aromatic N) is 1. The van der Waals surface area contributed by atoms with Crippen molar-refractivity contribution < 1.29 is 9.21 Å². The molecule has 5 nitrogen and oxygen atoms in total. The van der Waals surface area contributed by atoms with Crippen LogP contribution < -0.4 is 10.6 Å². The quantitative estimate of drug-likeness (QED) is 0.814. The van der Waals surface area contributed by atoms with Crippen LogP contribution >= 0.6 is 0 Å². The Hall–Kier alpha value is -1.33. The SMILES string of the molecule is Cc1ccc(NC(=O)CCN2CCNCC2)o1. The third-order valence-corrected chi connectivity index (χ3v) is 2.87. The first kappa shape index (κ1) is 12.1. The number of nitrogens with one attached hydrogen (secondary N) is 2. The van der Waals surface area contributed by atoms with Crippen molar-refractivity contribution in [1.82, 2.24) is 10.2 Å². The number of amides is 1. The van der Waals surface area contributed by atoms with E-state index in [2.05, 4.69) is 15.5 Å². The molecule has 1 aromatic heterocycles. The fourth-order valence-corrected chi connectivity index (χ4v) is 1.90. The fourth-order valence-electron chi connectivity index (χ4n) is 1.90. The number of carbonyl (C=O) groups is 1. The van der Waals surface area contributed by atoms with Gasteiger partial charge >= 0.3 is 0 Å². The van der Waals surface area contributed by atoms with Crippen LogP contribution in [0.15, 0.2) is 16.5 Å². The zero-order valence-electron chi connectivity index (χ0n) is 10.2. The molecule has 0 saturated carbocycles. The molecule has 1 saturated heterocycles. The van der Waals surface area contributed by atoms with E-state index in [9.17, 15) is 4.79 Å². The van der Waals surface area contributed by atoms with Crippen LogP contribution in [0.2, 0.25) is 0 Å². The largest absolute Gasteiger partial charge is 0.446 e. The summed E-state index contributed by atoms with van der Waals surface area (Å²) < 4.78 is 5.29. The summed E-state index contributed by atoms with van der Waals surface area (Å²) in [4.78, 5) is 13.9. The van der Waals surface area contributed by atoms with Crippen molar-refractivity contribution in [3.8, 4) is 0 Å². The van der Waals surface area contributed by atoms with E-state index in [0.717, 1.165) is 38.5 Å². The number of hydrogen-bond donors (Lipinski definition) is 2. The molecule has 0 aliphatic carbocycles. The summed E-state index contributed by atoms with van der Waals surface area (Å²) in [5.74, 6) is 1.35. The van der Waals surface area contributed by atoms with Crippen molar-refractivity contribution >= 4 is 11.8 Å². The molecule has 1 aliphatic heterocycles. The van der Waals surface area contributed by atoms with Crippen molar-refractivity contribution in [2.24, 2.45) is 0 Å². The zero-order valence-corrected chi connectivity index (χ0v) is 10.2. The van der Waals surface area contributed by atoms with E-state index < -0.39 is 0 Å². The van der Waals surface area contributed by atoms with Crippen molar-refractivity contribution in [2.45, 2.75) is 13.3 Å². The average molecular weight is 237 g/mol. The third kappa shape index (κ3) is 3.87. The first-order valence-corrected chi connectivity index (χ1v) is 6.03. The van der Waals surface area contributed by atoms with Gasteiger partial charge in [0.05, 0.1) is 0 Å². The zero-order chi connectivity index (χ0) is 12.1. The summed E-state index contributed by atoms with van der Waals surface area (Å²) in [7, 11) is 0. The predicted molar refractivity (Wildman–Crippen MR) is 66.0 cm³/mol. The maximum absolute atomic E-state index is 11.7. The summed E-state index contributed by atoms with van der Waals surface area (Å²) in [5, 5.41) is 6.04. The second-order valence-electron chi connectivity index (χ2n) is 4.30. The Bertz CT molecular complexity index is 370. The normalized spacial score (nSPS) is 17.0. The smallest absolute Gasteiger partial charge is 0.227 e. The molecular formula is C12H19N3O2. The monoisotopic (exact) mass is 237 g/mol. The molecule has 0 aromatic carbocycles. The predicted octanol–water partition coefficient (Wildman–Crippen LogP) is 0.822. The molecule has 2 N–H and O–H groups in total. The minimum Gasteiger partial charge on any atom is -0.446 e. The van der Waals surface area contributed by atoms with Crippen LogP contribution in [0.1, 0.15) is 12.2 Å². The molecule has 0 spiro atoms. The Balaban J connectivity index is 1.70. The van der Waals surface area contributed by atoms with Gasteiger partial charge in [-0.3, -0.25) is 10.1 Å². The third-order valence-electron chi connectivity index (χ3n) is 2.87. The van der Waals surface area contributed by atoms with Crippen LogP contribution in [0.4, 0.5) is 5.88 Å². The van der Waals surface area contributed by atoms with Gasteiger partial charge in [-0.1, -0.05) is 0 Å². The van der Waals surface area contributed by atoms with Gasteiger partial charge in [0.15, 0.2) is 5.88 Å². The van der Waals surface area contributed by atoms with Crippen molar-refractivity contribution in [1.29, 1.82) is 0 Å². The standard InChI is InChI=1S/C12H19N3O2/c1-10-2-3-12(17-10)14-11(16)4-7-15-8-5-13-6-9-15/h2-3,13H,4-9H2,1H3,(H,14,16). The highest BCUT2D eigenvalue weighted by Gasteiger charge is 2.11. The van der Waals surface area contributed by atoms with E-state index in [1.807, 2.05) is 13.0 Å². The molecule has 0 unspecified atom stereocenters. The molecule has 2 rings (SSSR count). The second kappa shape index (κ2) is 5.84. The minimum atomic E-state index is 0.0119. The maximum Gasteiger partial charge on any atom is 0.227 e. The topological polar surface area (TPSA) is 57.5 Å². The summed E-state index contributed by atoms with van der Waals surface area (Å²) >= 11 is 0. The van der Waals surface area contributed by atoms with Gasteiger partial charge in [0.25, 0.3) is 0 Å². The summed E-state index contributed by atoms with van der Waals surface area (Å²) in [6.07, 6.45) is 0.514. The molecule has 1 fully saturated rings. The van der Waals surface area contributed by atoms with Gasteiger partial charge in [-0.25, -0.2) is 0 Å². The lowest BCUT2D eigenvalue weighted by Gasteiger charge is -2.26. The summed E-state index contributed by atoms with van der Waals surface area (Å²) in [6, 6.07) is 3.62. The molecule has 5 heteroatoms. The molecule has 1 aliphatic rings. The van der Waals surface area contributed by atoms with E-state index in [1.54, 1.807) is 6.07 Å². The van der Waals surface area contributed by atoms with Gasteiger partial charge in [-0.15, -0.1) is 0 Å². The molecule has 0 atom stereocenters. The highest BCUT2D eigenvalue weighted by Crippen LogP contribution is 2.12. The lowest BCUT2D eigenvalue weighted by atomic mass is 10.3. The highest BCUT2D eigenvalue weighted by atomic mass is 16.4. The van der Waals surface area contributed by atoms with Crippen LogP contribution in [-0.2, 0) is 4.79 Å². The summed E-state index contributed by atoms with van der Waals surface area (Å²) in [6.45, 7) is 6.74. The van der Waals surface area contributed by atoms with Crippen LogP contribution in [0.5, 0.6) is 0 Å². The molecule has 94 valence electrons. The van der Waals surface area contributed by atoms with Gasteiger partial charge in [0.2, 0.25) is 5.91 Å². The van der Waals surface area contributed by atoms with Gasteiger partial charge in [-0.05, 0) is 13.0 Å². The highest BCUT2D eigenvalue weighted by molar-refractivity contribution is 5.89. The Morgan fingerprint density at radius 3 is 2.88 bits per heavy atom. The van der Waals surface area contributed by atoms with E-state index >= 15 is 0 Å². The Morgan fingerprint density at radius 2 is 2.24 bits per heavy atom. The first-order chi connectivity index (χ1) is 8.24. The molecule has 0 radical (unpaired) electrons. The summed E-state index contributed by atoms with van der Waals surface area (Å²) in [5.41, 5.74) is 0. The number of rotatable bonds is 4. The van der Waals surface area contributed by atoms with Gasteiger partial charge in [0, 0.05) is 45.2 Å². The van der Waals surface area contributed by atoms with Crippen LogP contribution in [0.25, 0.3) is 0 Å². The number of hydrogen-bond acceptors (Lipinski definition) is 4. The van der Waals surface area contributed by atoms with E-state index in [1.165, 1.54) is 0 Å². The Morgan fingerprint density at radius 1 is 1.47 bits per heavy atom. The molecule has 1 aromatic rings. The van der Waals surface area contributed by atoms with Gasteiger partial charge < -0.3 is 14.6 Å². The molecular weight excluding hydrogens is 218 g/mol. The second-order valence-corrected chi connectivity index (χ2v) is 4.30. The maximum atomic E-state index is 11.7. The molecule has 2 heterocycles. The number of aryl methyl sites for hydroxylation is 1. The minimum absolute atomic E-state index is 0.0119. The van der Waals surface area contributed by atoms with Crippen LogP contribution in [0, 0.1) is 6.92 Å². The Labute approximate surface area is 101 Å². The van der Waals surface area contributed by atoms with Crippen LogP contribution in [-0.4, -0.2) is 43.5 Å². The van der Waals surface area contributed by atoms with E-state index in [0.29, 0.717) is 12.3 Å². The van der Waals surface area contributed by atoms with Crippen molar-refractivity contribution in [3.05, 3.63) is 17.9 Å². The average Bonchev–Trinajstić information content (AvgIpc) is 2.73. The molecule has 0 bridgehead atoms. The fraction of sp³-hybridized carbons (Fsp3) is 0.583. The lowest BCUT2D eigenvalue weighted by molar-refractivity contribution is -0.116. The van der Waals surface area contributed by atoms with Crippen molar-refractivity contribution in [3.63, 3.8) is 0 Å². The number of piperazine rings is 1. The van der Waals surface area contributed by atoms with Gasteiger partial charge in [0.1, 0.15) is 5.76 Å². The molecule has 1 amide bonds. The number of carbonyl (C=O) groups excluding carboxylic acids is 1. The number of furan rings is 1. The number of anilines is 1. The lowest BCUT2D eigenvalue weighted by Crippen LogP contribution is -2.44. The molecule has 17 heavy (non-hydrogen) atoms. The van der Waals surface area contributed by atoms with Crippen LogP contribution in [0.3, 0.4) is 0 Å². The van der Waals surface area contributed by atoms with E-state index in [-0.39, 0.29) is 5.91 Å².